The summed E-state index contributed by atoms with van der Waals surface area (Å²) >= 11 is 6.03. The molecule has 3 aromatic carbocycles. The Balaban J connectivity index is 1.60. The first-order chi connectivity index (χ1) is 14.6. The highest BCUT2D eigenvalue weighted by atomic mass is 35.5. The van der Waals surface area contributed by atoms with Gasteiger partial charge in [0.05, 0.1) is 10.6 Å². The topological polar surface area (TPSA) is 84.5 Å². The lowest BCUT2D eigenvalue weighted by atomic mass is 10.2. The van der Waals surface area contributed by atoms with Crippen LogP contribution in [0.2, 0.25) is 5.02 Å². The number of carbonyl (C=O) groups excluding carboxylic acids is 1. The maximum atomic E-state index is 13.3. The third-order valence-corrected chi connectivity index (χ3v) is 6.21. The predicted molar refractivity (Wildman–Crippen MR) is 119 cm³/mol. The Morgan fingerprint density at radius 2 is 1.68 bits per heavy atom. The van der Waals surface area contributed by atoms with Crippen LogP contribution in [-0.4, -0.2) is 20.9 Å². The van der Waals surface area contributed by atoms with E-state index in [0.29, 0.717) is 27.7 Å². The van der Waals surface area contributed by atoms with E-state index < -0.39 is 21.7 Å². The Morgan fingerprint density at radius 3 is 2.35 bits per heavy atom. The average molecular weight is 463 g/mol. The van der Waals surface area contributed by atoms with Gasteiger partial charge < -0.3 is 10.1 Å². The van der Waals surface area contributed by atoms with Gasteiger partial charge in [0, 0.05) is 10.7 Å². The number of carbonyl (C=O) groups is 1. The number of halogens is 2. The number of amides is 1. The molecule has 0 radical (unpaired) electrons. The SMILES string of the molecule is Cc1ccc(NS(=O)(=O)c2ccc(OCC(=O)Nc3cc(F)ccc3C)cc2)cc1Cl. The minimum atomic E-state index is -3.82. The zero-order valence-corrected chi connectivity index (χ0v) is 18.4. The fourth-order valence-electron chi connectivity index (χ4n) is 2.65. The zero-order valence-electron chi connectivity index (χ0n) is 16.8. The Morgan fingerprint density at radius 1 is 1.00 bits per heavy atom. The van der Waals surface area contributed by atoms with Gasteiger partial charge in [-0.25, -0.2) is 12.8 Å². The Labute approximate surface area is 185 Å². The van der Waals surface area contributed by atoms with Crippen molar-refractivity contribution in [2.75, 3.05) is 16.6 Å². The van der Waals surface area contributed by atoms with Crippen LogP contribution in [0.15, 0.2) is 65.6 Å². The second-order valence-corrected chi connectivity index (χ2v) is 8.93. The van der Waals surface area contributed by atoms with Crippen LogP contribution in [0.1, 0.15) is 11.1 Å². The molecule has 6 nitrogen and oxygen atoms in total. The summed E-state index contributed by atoms with van der Waals surface area (Å²) in [5, 5.41) is 3.03. The van der Waals surface area contributed by atoms with Crippen LogP contribution < -0.4 is 14.8 Å². The van der Waals surface area contributed by atoms with Gasteiger partial charge in [-0.15, -0.1) is 0 Å². The van der Waals surface area contributed by atoms with Gasteiger partial charge in [0.25, 0.3) is 15.9 Å². The summed E-state index contributed by atoms with van der Waals surface area (Å²) in [5.74, 6) is -0.619. The van der Waals surface area contributed by atoms with Crippen LogP contribution in [0.5, 0.6) is 5.75 Å². The third kappa shape index (κ3) is 5.96. The van der Waals surface area contributed by atoms with E-state index in [4.69, 9.17) is 16.3 Å². The summed E-state index contributed by atoms with van der Waals surface area (Å²) in [7, 11) is -3.82. The molecule has 0 unspecified atom stereocenters. The minimum Gasteiger partial charge on any atom is -0.484 e. The lowest BCUT2D eigenvalue weighted by Crippen LogP contribution is -2.20. The fraction of sp³-hybridized carbons (Fsp3) is 0.136. The maximum Gasteiger partial charge on any atom is 0.262 e. The van der Waals surface area contributed by atoms with Crippen molar-refractivity contribution in [3.05, 3.63) is 82.6 Å². The van der Waals surface area contributed by atoms with E-state index in [9.17, 15) is 17.6 Å². The van der Waals surface area contributed by atoms with Crippen LogP contribution >= 0.6 is 11.6 Å². The normalized spacial score (nSPS) is 11.1. The fourth-order valence-corrected chi connectivity index (χ4v) is 3.88. The van der Waals surface area contributed by atoms with Crippen molar-refractivity contribution < 1.29 is 22.3 Å². The highest BCUT2D eigenvalue weighted by Gasteiger charge is 2.15. The average Bonchev–Trinajstić information content (AvgIpc) is 2.72. The van der Waals surface area contributed by atoms with Crippen molar-refractivity contribution in [2.24, 2.45) is 0 Å². The molecule has 0 atom stereocenters. The molecule has 0 bridgehead atoms. The third-order valence-electron chi connectivity index (χ3n) is 4.40. The monoisotopic (exact) mass is 462 g/mol. The second kappa shape index (κ2) is 9.36. The number of anilines is 2. The summed E-state index contributed by atoms with van der Waals surface area (Å²) in [6.07, 6.45) is 0. The van der Waals surface area contributed by atoms with Gasteiger partial charge in [-0.1, -0.05) is 23.7 Å². The van der Waals surface area contributed by atoms with Crippen molar-refractivity contribution in [3.8, 4) is 5.75 Å². The number of benzene rings is 3. The van der Waals surface area contributed by atoms with E-state index in [1.54, 1.807) is 25.1 Å². The van der Waals surface area contributed by atoms with Crippen LogP contribution in [0.3, 0.4) is 0 Å². The molecule has 0 aliphatic rings. The summed E-state index contributed by atoms with van der Waals surface area (Å²) in [6, 6.07) is 14.6. The standard InChI is InChI=1S/C22H20ClFN2O4S/c1-14-4-6-17(12-20(14)23)26-31(28,29)19-9-7-18(8-10-19)30-13-22(27)25-21-11-16(24)5-3-15(21)2/h3-12,26H,13H2,1-2H3,(H,25,27). The van der Waals surface area contributed by atoms with E-state index >= 15 is 0 Å². The van der Waals surface area contributed by atoms with Crippen LogP contribution in [0.4, 0.5) is 15.8 Å². The van der Waals surface area contributed by atoms with Crippen molar-refractivity contribution in [1.82, 2.24) is 0 Å². The number of rotatable bonds is 7. The molecule has 0 saturated carbocycles. The molecule has 0 fully saturated rings. The number of hydrogen-bond acceptors (Lipinski definition) is 4. The zero-order chi connectivity index (χ0) is 22.6. The molecular formula is C22H20ClFN2O4S. The lowest BCUT2D eigenvalue weighted by Gasteiger charge is -2.11. The maximum absolute atomic E-state index is 13.3. The predicted octanol–water partition coefficient (Wildman–Crippen LogP) is 4.91. The van der Waals surface area contributed by atoms with Gasteiger partial charge in [0.15, 0.2) is 6.61 Å². The highest BCUT2D eigenvalue weighted by molar-refractivity contribution is 7.92. The van der Waals surface area contributed by atoms with Crippen molar-refractivity contribution in [2.45, 2.75) is 18.7 Å². The van der Waals surface area contributed by atoms with E-state index in [-0.39, 0.29) is 11.5 Å². The molecule has 31 heavy (non-hydrogen) atoms. The summed E-state index contributed by atoms with van der Waals surface area (Å²) in [6.45, 7) is 3.24. The van der Waals surface area contributed by atoms with Gasteiger partial charge in [0.1, 0.15) is 11.6 Å². The largest absolute Gasteiger partial charge is 0.484 e. The molecule has 0 aliphatic heterocycles. The molecular weight excluding hydrogens is 443 g/mol. The molecule has 3 aromatic rings. The lowest BCUT2D eigenvalue weighted by molar-refractivity contribution is -0.118. The molecule has 2 N–H and O–H groups in total. The number of sulfonamides is 1. The van der Waals surface area contributed by atoms with E-state index in [2.05, 4.69) is 10.0 Å². The molecule has 0 heterocycles. The minimum absolute atomic E-state index is 0.0244. The Bertz CT molecular complexity index is 1210. The first-order valence-corrected chi connectivity index (χ1v) is 11.1. The highest BCUT2D eigenvalue weighted by Crippen LogP contribution is 2.23. The van der Waals surface area contributed by atoms with Crippen LogP contribution in [0, 0.1) is 19.7 Å². The van der Waals surface area contributed by atoms with E-state index in [1.807, 2.05) is 6.92 Å². The summed E-state index contributed by atoms with van der Waals surface area (Å²) in [5.41, 5.74) is 2.26. The first kappa shape index (κ1) is 22.6. The van der Waals surface area contributed by atoms with Crippen LogP contribution in [0.25, 0.3) is 0 Å². The summed E-state index contributed by atoms with van der Waals surface area (Å²) in [4.78, 5) is 12.1. The van der Waals surface area contributed by atoms with Gasteiger partial charge in [-0.2, -0.15) is 0 Å². The van der Waals surface area contributed by atoms with Crippen molar-refractivity contribution >= 4 is 38.9 Å². The van der Waals surface area contributed by atoms with E-state index in [0.717, 1.165) is 5.56 Å². The molecule has 0 spiro atoms. The van der Waals surface area contributed by atoms with Crippen molar-refractivity contribution in [3.63, 3.8) is 0 Å². The molecule has 0 aliphatic carbocycles. The van der Waals surface area contributed by atoms with Gasteiger partial charge in [0.2, 0.25) is 0 Å². The Hall–Kier alpha value is -3.10. The summed E-state index contributed by atoms with van der Waals surface area (Å²) < 4.78 is 46.3. The number of aryl methyl sites for hydroxylation is 2. The molecule has 0 saturated heterocycles. The van der Waals surface area contributed by atoms with Crippen LogP contribution in [-0.2, 0) is 14.8 Å². The smallest absolute Gasteiger partial charge is 0.262 e. The molecule has 1 amide bonds. The number of hydrogen-bond donors (Lipinski definition) is 2. The Kier molecular flexibility index (Phi) is 6.82. The van der Waals surface area contributed by atoms with E-state index in [1.165, 1.54) is 42.5 Å². The molecule has 9 heteroatoms. The molecule has 3 rings (SSSR count). The van der Waals surface area contributed by atoms with Gasteiger partial charge in [-0.05, 0) is 73.5 Å². The second-order valence-electron chi connectivity index (χ2n) is 6.84. The van der Waals surface area contributed by atoms with Gasteiger partial charge in [-0.3, -0.25) is 9.52 Å². The molecule has 162 valence electrons. The van der Waals surface area contributed by atoms with Gasteiger partial charge >= 0.3 is 0 Å². The number of ether oxygens (including phenoxy) is 1. The quantitative estimate of drug-likeness (QED) is 0.522. The molecule has 0 aromatic heterocycles. The first-order valence-electron chi connectivity index (χ1n) is 9.22. The van der Waals surface area contributed by atoms with Crippen molar-refractivity contribution in [1.29, 1.82) is 0 Å². The number of nitrogens with one attached hydrogen (secondary N) is 2.